The van der Waals surface area contributed by atoms with Gasteiger partial charge >= 0.3 is 6.03 Å². The van der Waals surface area contributed by atoms with Gasteiger partial charge in [-0.25, -0.2) is 9.69 Å². The standard InChI is InChI=1S/C26H21N3O7/c1-35-20-11-5-17(6-12-20)27-23(31)15-36-21-4-2-3-16(13-21)14-22-24(32)28-26(34)29(25(22)33)18-7-9-19(30)10-8-18/h2-14,30H,15H2,1H3,(H,27,31)(H,28,32,34). The number of carbonyl (C=O) groups is 4. The van der Waals surface area contributed by atoms with Crippen molar-refractivity contribution in [3.63, 3.8) is 0 Å². The average Bonchev–Trinajstić information content (AvgIpc) is 2.87. The van der Waals surface area contributed by atoms with Gasteiger partial charge in [-0.1, -0.05) is 12.1 Å². The van der Waals surface area contributed by atoms with E-state index < -0.39 is 17.8 Å². The molecular weight excluding hydrogens is 466 g/mol. The molecule has 1 heterocycles. The van der Waals surface area contributed by atoms with Crippen molar-refractivity contribution in [1.29, 1.82) is 0 Å². The fourth-order valence-corrected chi connectivity index (χ4v) is 3.37. The highest BCUT2D eigenvalue weighted by Gasteiger charge is 2.36. The van der Waals surface area contributed by atoms with Gasteiger partial charge in [-0.15, -0.1) is 0 Å². The Morgan fingerprint density at radius 2 is 1.72 bits per heavy atom. The van der Waals surface area contributed by atoms with Gasteiger partial charge in [-0.2, -0.15) is 0 Å². The number of barbiturate groups is 1. The summed E-state index contributed by atoms with van der Waals surface area (Å²) in [5.41, 5.74) is 0.949. The van der Waals surface area contributed by atoms with Crippen LogP contribution in [0.3, 0.4) is 0 Å². The first-order chi connectivity index (χ1) is 17.3. The number of carbonyl (C=O) groups excluding carboxylic acids is 4. The van der Waals surface area contributed by atoms with Gasteiger partial charge in [0.05, 0.1) is 12.8 Å². The minimum atomic E-state index is -0.896. The summed E-state index contributed by atoms with van der Waals surface area (Å²) in [4.78, 5) is 50.7. The third-order valence-electron chi connectivity index (χ3n) is 5.12. The molecule has 1 saturated heterocycles. The largest absolute Gasteiger partial charge is 0.508 e. The number of phenolic OH excluding ortho intramolecular Hbond substituents is 1. The zero-order valence-electron chi connectivity index (χ0n) is 19.1. The summed E-state index contributed by atoms with van der Waals surface area (Å²) in [7, 11) is 1.55. The van der Waals surface area contributed by atoms with Crippen molar-refractivity contribution < 1.29 is 33.8 Å². The zero-order chi connectivity index (χ0) is 25.7. The molecule has 0 unspecified atom stereocenters. The predicted octanol–water partition coefficient (Wildman–Crippen LogP) is 3.08. The van der Waals surface area contributed by atoms with E-state index in [9.17, 15) is 24.3 Å². The van der Waals surface area contributed by atoms with Crippen LogP contribution in [-0.4, -0.2) is 42.6 Å². The highest BCUT2D eigenvalue weighted by atomic mass is 16.5. The number of urea groups is 1. The SMILES string of the molecule is COc1ccc(NC(=O)COc2cccc(C=C3C(=O)NC(=O)N(c4ccc(O)cc4)C3=O)c2)cc1. The molecule has 1 aliphatic rings. The lowest BCUT2D eigenvalue weighted by Gasteiger charge is -2.26. The second-order valence-corrected chi connectivity index (χ2v) is 7.61. The van der Waals surface area contributed by atoms with Crippen LogP contribution in [0, 0.1) is 0 Å². The third kappa shape index (κ3) is 5.50. The molecule has 0 aromatic heterocycles. The fourth-order valence-electron chi connectivity index (χ4n) is 3.37. The summed E-state index contributed by atoms with van der Waals surface area (Å²) in [5, 5.41) is 14.3. The minimum absolute atomic E-state index is 0.0371. The predicted molar refractivity (Wildman–Crippen MR) is 131 cm³/mol. The number of anilines is 2. The molecule has 4 rings (SSSR count). The average molecular weight is 487 g/mol. The lowest BCUT2D eigenvalue weighted by atomic mass is 10.1. The number of methoxy groups -OCH3 is 1. The van der Waals surface area contributed by atoms with Crippen LogP contribution in [-0.2, 0) is 14.4 Å². The molecule has 5 amide bonds. The number of rotatable bonds is 7. The molecule has 10 heteroatoms. The van der Waals surface area contributed by atoms with Crippen molar-refractivity contribution in [1.82, 2.24) is 5.32 Å². The Morgan fingerprint density at radius 1 is 1.00 bits per heavy atom. The van der Waals surface area contributed by atoms with E-state index in [0.29, 0.717) is 22.7 Å². The van der Waals surface area contributed by atoms with E-state index in [2.05, 4.69) is 10.6 Å². The second kappa shape index (κ2) is 10.4. The minimum Gasteiger partial charge on any atom is -0.508 e. The Hall–Kier alpha value is -5.12. The van der Waals surface area contributed by atoms with Crippen molar-refractivity contribution in [2.24, 2.45) is 0 Å². The molecule has 0 aliphatic carbocycles. The van der Waals surface area contributed by atoms with Crippen molar-refractivity contribution in [2.45, 2.75) is 0 Å². The van der Waals surface area contributed by atoms with Crippen LogP contribution < -0.4 is 25.0 Å². The fraction of sp³-hybridized carbons (Fsp3) is 0.0769. The number of hydrogen-bond acceptors (Lipinski definition) is 7. The quantitative estimate of drug-likeness (QED) is 0.344. The van der Waals surface area contributed by atoms with E-state index in [1.165, 1.54) is 30.3 Å². The molecule has 1 aliphatic heterocycles. The number of aromatic hydroxyl groups is 1. The van der Waals surface area contributed by atoms with Crippen LogP contribution in [0.2, 0.25) is 0 Å². The van der Waals surface area contributed by atoms with E-state index in [1.54, 1.807) is 55.6 Å². The Morgan fingerprint density at radius 3 is 2.42 bits per heavy atom. The van der Waals surface area contributed by atoms with Crippen LogP contribution in [0.4, 0.5) is 16.2 Å². The number of ether oxygens (including phenoxy) is 2. The number of nitrogens with zero attached hydrogens (tertiary/aromatic N) is 1. The van der Waals surface area contributed by atoms with Gasteiger partial charge < -0.3 is 19.9 Å². The van der Waals surface area contributed by atoms with E-state index in [1.807, 2.05) is 0 Å². The molecule has 3 aromatic rings. The number of hydrogen-bond donors (Lipinski definition) is 3. The first-order valence-electron chi connectivity index (χ1n) is 10.7. The number of amides is 5. The zero-order valence-corrected chi connectivity index (χ0v) is 19.1. The van der Waals surface area contributed by atoms with Gasteiger partial charge in [-0.3, -0.25) is 19.7 Å². The van der Waals surface area contributed by atoms with E-state index in [4.69, 9.17) is 9.47 Å². The maximum atomic E-state index is 13.0. The molecular formula is C26H21N3O7. The Bertz CT molecular complexity index is 1350. The highest BCUT2D eigenvalue weighted by molar-refractivity contribution is 6.39. The molecule has 1 fully saturated rings. The van der Waals surface area contributed by atoms with Crippen molar-refractivity contribution >= 4 is 41.2 Å². The third-order valence-corrected chi connectivity index (χ3v) is 5.12. The van der Waals surface area contributed by atoms with Crippen LogP contribution in [0.1, 0.15) is 5.56 Å². The number of nitrogens with one attached hydrogen (secondary N) is 2. The molecule has 0 bridgehead atoms. The van der Waals surface area contributed by atoms with Gasteiger partial charge in [0, 0.05) is 5.69 Å². The number of benzene rings is 3. The second-order valence-electron chi connectivity index (χ2n) is 7.61. The summed E-state index contributed by atoms with van der Waals surface area (Å²) < 4.78 is 10.6. The van der Waals surface area contributed by atoms with Crippen molar-refractivity contribution in [2.75, 3.05) is 23.9 Å². The van der Waals surface area contributed by atoms with E-state index in [-0.39, 0.29) is 29.5 Å². The molecule has 0 saturated carbocycles. The van der Waals surface area contributed by atoms with Gasteiger partial charge in [-0.05, 0) is 72.3 Å². The summed E-state index contributed by atoms with van der Waals surface area (Å²) in [6.45, 7) is -0.269. The molecule has 0 radical (unpaired) electrons. The lowest BCUT2D eigenvalue weighted by Crippen LogP contribution is -2.54. The number of imide groups is 2. The Labute approximate surface area is 205 Å². The lowest BCUT2D eigenvalue weighted by molar-refractivity contribution is -0.122. The molecule has 0 atom stereocenters. The number of phenols is 1. The Kier molecular flexibility index (Phi) is 6.96. The van der Waals surface area contributed by atoms with Gasteiger partial charge in [0.15, 0.2) is 6.61 Å². The summed E-state index contributed by atoms with van der Waals surface area (Å²) in [5.74, 6) is -1.08. The van der Waals surface area contributed by atoms with Gasteiger partial charge in [0.2, 0.25) is 0 Å². The summed E-state index contributed by atoms with van der Waals surface area (Å²) >= 11 is 0. The normalized spacial score (nSPS) is 14.4. The molecule has 3 N–H and O–H groups in total. The smallest absolute Gasteiger partial charge is 0.335 e. The molecule has 182 valence electrons. The van der Waals surface area contributed by atoms with E-state index >= 15 is 0 Å². The maximum absolute atomic E-state index is 13.0. The van der Waals surface area contributed by atoms with Crippen molar-refractivity contribution in [3.8, 4) is 17.2 Å². The Balaban J connectivity index is 1.46. The van der Waals surface area contributed by atoms with Crippen LogP contribution in [0.15, 0.2) is 78.4 Å². The van der Waals surface area contributed by atoms with Crippen LogP contribution in [0.25, 0.3) is 6.08 Å². The first-order valence-corrected chi connectivity index (χ1v) is 10.7. The van der Waals surface area contributed by atoms with E-state index in [0.717, 1.165) is 4.90 Å². The maximum Gasteiger partial charge on any atom is 0.335 e. The summed E-state index contributed by atoms with van der Waals surface area (Å²) in [6, 6.07) is 17.8. The molecule has 3 aromatic carbocycles. The van der Waals surface area contributed by atoms with Gasteiger partial charge in [0.1, 0.15) is 22.8 Å². The van der Waals surface area contributed by atoms with Crippen molar-refractivity contribution in [3.05, 3.63) is 83.9 Å². The molecule has 10 nitrogen and oxygen atoms in total. The van der Waals surface area contributed by atoms with Crippen LogP contribution >= 0.6 is 0 Å². The molecule has 0 spiro atoms. The molecule has 36 heavy (non-hydrogen) atoms. The van der Waals surface area contributed by atoms with Crippen LogP contribution in [0.5, 0.6) is 17.2 Å². The van der Waals surface area contributed by atoms with Gasteiger partial charge in [0.25, 0.3) is 17.7 Å². The monoisotopic (exact) mass is 487 g/mol. The topological polar surface area (TPSA) is 134 Å². The first kappa shape index (κ1) is 24.0. The highest BCUT2D eigenvalue weighted by Crippen LogP contribution is 2.24. The summed E-state index contributed by atoms with van der Waals surface area (Å²) in [6.07, 6.45) is 1.32.